The number of nitrogens with two attached hydrogens (primary N) is 1. The summed E-state index contributed by atoms with van der Waals surface area (Å²) in [5.41, 5.74) is 7.42. The van der Waals surface area contributed by atoms with Crippen LogP contribution in [0, 0.1) is 0 Å². The van der Waals surface area contributed by atoms with Crippen molar-refractivity contribution in [3.8, 4) is 5.69 Å². The van der Waals surface area contributed by atoms with Crippen molar-refractivity contribution in [2.75, 3.05) is 57.7 Å². The minimum atomic E-state index is -0.422. The lowest BCUT2D eigenvalue weighted by Crippen LogP contribution is -2.68. The molecule has 0 atom stereocenters. The third kappa shape index (κ3) is 4.53. The number of urea groups is 1. The van der Waals surface area contributed by atoms with E-state index in [1.54, 1.807) is 17.2 Å². The zero-order valence-electron chi connectivity index (χ0n) is 18.1. The Morgan fingerprint density at radius 3 is 2.47 bits per heavy atom. The zero-order valence-corrected chi connectivity index (χ0v) is 18.1. The van der Waals surface area contributed by atoms with Gasteiger partial charge >= 0.3 is 11.7 Å². The van der Waals surface area contributed by atoms with E-state index in [1.807, 2.05) is 12.1 Å². The number of hydrogen-bond donors (Lipinski definition) is 3. The van der Waals surface area contributed by atoms with Crippen LogP contribution < -0.4 is 22.1 Å². The highest BCUT2D eigenvalue weighted by Crippen LogP contribution is 2.22. The van der Waals surface area contributed by atoms with Crippen LogP contribution in [0.3, 0.4) is 0 Å². The Morgan fingerprint density at radius 1 is 1.09 bits per heavy atom. The summed E-state index contributed by atoms with van der Waals surface area (Å²) in [5.74, 6) is 0.266. The van der Waals surface area contributed by atoms with Crippen molar-refractivity contribution >= 4 is 11.8 Å². The number of nitrogens with zero attached hydrogens (tertiary/aromatic N) is 5. The summed E-state index contributed by atoms with van der Waals surface area (Å²) >= 11 is 0. The largest absolute Gasteiger partial charge is 0.354 e. The maximum absolute atomic E-state index is 12.5. The van der Waals surface area contributed by atoms with Crippen molar-refractivity contribution in [2.24, 2.45) is 5.73 Å². The molecule has 0 saturated carbocycles. The monoisotopic (exact) mass is 438 g/mol. The van der Waals surface area contributed by atoms with E-state index in [0.29, 0.717) is 25.2 Å². The van der Waals surface area contributed by atoms with Gasteiger partial charge in [0.1, 0.15) is 5.82 Å². The van der Waals surface area contributed by atoms with Crippen LogP contribution in [0.15, 0.2) is 41.3 Å². The molecule has 2 aromatic rings. The highest BCUT2D eigenvalue weighted by atomic mass is 16.2. The van der Waals surface area contributed by atoms with Gasteiger partial charge in [-0.25, -0.2) is 9.59 Å². The van der Waals surface area contributed by atoms with Crippen molar-refractivity contribution in [1.82, 2.24) is 29.6 Å². The number of nitrogens with one attached hydrogen (secondary N) is 2. The molecule has 0 bridgehead atoms. The third-order valence-corrected chi connectivity index (χ3v) is 6.46. The summed E-state index contributed by atoms with van der Waals surface area (Å²) < 4.78 is 1.48. The molecule has 0 unspecified atom stereocenters. The van der Waals surface area contributed by atoms with Crippen molar-refractivity contribution in [2.45, 2.75) is 18.6 Å². The fourth-order valence-electron chi connectivity index (χ4n) is 4.50. The molecule has 4 N–H and O–H groups in total. The van der Waals surface area contributed by atoms with Gasteiger partial charge in [0.15, 0.2) is 0 Å². The van der Waals surface area contributed by atoms with Gasteiger partial charge in [0, 0.05) is 77.2 Å². The average Bonchev–Trinajstić information content (AvgIpc) is 2.75. The van der Waals surface area contributed by atoms with E-state index in [4.69, 9.17) is 5.73 Å². The van der Waals surface area contributed by atoms with Crippen LogP contribution in [0.5, 0.6) is 0 Å². The summed E-state index contributed by atoms with van der Waals surface area (Å²) in [4.78, 5) is 35.5. The van der Waals surface area contributed by atoms with E-state index < -0.39 is 5.69 Å². The lowest BCUT2D eigenvalue weighted by molar-refractivity contribution is -0.0136. The molecule has 2 amide bonds. The maximum Gasteiger partial charge on any atom is 0.354 e. The van der Waals surface area contributed by atoms with Gasteiger partial charge < -0.3 is 16.0 Å². The SMILES string of the molecule is NC1CN(C2CN(Cc3ccc(-n4ccc(NC(=O)N5CCNCC5)nc4=O)cc3)C2)C1. The van der Waals surface area contributed by atoms with E-state index in [-0.39, 0.29) is 11.8 Å². The van der Waals surface area contributed by atoms with Gasteiger partial charge in [0.25, 0.3) is 0 Å². The van der Waals surface area contributed by atoms with Crippen LogP contribution in [0.2, 0.25) is 0 Å². The van der Waals surface area contributed by atoms with Gasteiger partial charge in [-0.1, -0.05) is 12.1 Å². The predicted molar refractivity (Wildman–Crippen MR) is 122 cm³/mol. The minimum absolute atomic E-state index is 0.231. The fourth-order valence-corrected chi connectivity index (χ4v) is 4.50. The molecule has 1 aromatic heterocycles. The van der Waals surface area contributed by atoms with E-state index in [0.717, 1.165) is 51.5 Å². The Bertz CT molecular complexity index is 1010. The second kappa shape index (κ2) is 8.99. The summed E-state index contributed by atoms with van der Waals surface area (Å²) in [6.45, 7) is 7.93. The molecule has 170 valence electrons. The maximum atomic E-state index is 12.5. The van der Waals surface area contributed by atoms with Crippen molar-refractivity contribution in [3.63, 3.8) is 0 Å². The molecule has 0 aliphatic carbocycles. The smallest absolute Gasteiger partial charge is 0.325 e. The predicted octanol–water partition coefficient (Wildman–Crippen LogP) is -0.503. The second-order valence-electron chi connectivity index (χ2n) is 8.86. The molecule has 3 fully saturated rings. The average molecular weight is 439 g/mol. The van der Waals surface area contributed by atoms with E-state index in [9.17, 15) is 9.59 Å². The first-order valence-electron chi connectivity index (χ1n) is 11.2. The molecule has 3 saturated heterocycles. The summed E-state index contributed by atoms with van der Waals surface area (Å²) in [6.07, 6.45) is 1.65. The lowest BCUT2D eigenvalue weighted by atomic mass is 9.99. The van der Waals surface area contributed by atoms with Crippen LogP contribution in [0.1, 0.15) is 5.56 Å². The summed E-state index contributed by atoms with van der Waals surface area (Å²) in [7, 11) is 0. The number of carbonyl (C=O) groups excluding carboxylic acids is 1. The van der Waals surface area contributed by atoms with Crippen LogP contribution in [-0.2, 0) is 6.54 Å². The molecular formula is C22H30N8O2. The highest BCUT2D eigenvalue weighted by Gasteiger charge is 2.37. The van der Waals surface area contributed by atoms with Gasteiger partial charge in [-0.05, 0) is 23.8 Å². The Kier molecular flexibility index (Phi) is 5.92. The normalized spacial score (nSPS) is 20.6. The first-order chi connectivity index (χ1) is 15.5. The van der Waals surface area contributed by atoms with Crippen LogP contribution in [-0.4, -0.2) is 94.7 Å². The number of anilines is 1. The van der Waals surface area contributed by atoms with Crippen molar-refractivity contribution in [3.05, 3.63) is 52.6 Å². The Morgan fingerprint density at radius 2 is 1.81 bits per heavy atom. The molecule has 0 radical (unpaired) electrons. The minimum Gasteiger partial charge on any atom is -0.325 e. The van der Waals surface area contributed by atoms with E-state index in [2.05, 4.69) is 37.6 Å². The number of aromatic nitrogens is 2. The molecule has 32 heavy (non-hydrogen) atoms. The van der Waals surface area contributed by atoms with Crippen LogP contribution >= 0.6 is 0 Å². The van der Waals surface area contributed by atoms with Crippen molar-refractivity contribution in [1.29, 1.82) is 0 Å². The first-order valence-corrected chi connectivity index (χ1v) is 11.2. The number of likely N-dealkylation sites (tertiary alicyclic amines) is 2. The summed E-state index contributed by atoms with van der Waals surface area (Å²) in [6, 6.07) is 10.4. The summed E-state index contributed by atoms with van der Waals surface area (Å²) in [5, 5.41) is 5.92. The van der Waals surface area contributed by atoms with Crippen molar-refractivity contribution < 1.29 is 4.79 Å². The zero-order chi connectivity index (χ0) is 22.1. The van der Waals surface area contributed by atoms with Crippen LogP contribution in [0.25, 0.3) is 5.69 Å². The topological polar surface area (TPSA) is 112 Å². The molecule has 1 aromatic carbocycles. The van der Waals surface area contributed by atoms with E-state index >= 15 is 0 Å². The molecule has 10 nitrogen and oxygen atoms in total. The number of benzene rings is 1. The molecule has 4 heterocycles. The molecule has 5 rings (SSSR count). The molecule has 3 aliphatic rings. The first kappa shape index (κ1) is 21.1. The standard InChI is InChI=1S/C22H30N8O2/c23-17-12-29(13-17)19-14-27(15-19)11-16-1-3-18(4-2-16)30-8-5-20(26-22(30)32)25-21(31)28-9-6-24-7-10-28/h1-5,8,17,19,24H,6-7,9-15,23H2,(H,25,26,31,32). The van der Waals surface area contributed by atoms with Gasteiger partial charge in [-0.15, -0.1) is 0 Å². The lowest BCUT2D eigenvalue weighted by Gasteiger charge is -2.51. The Balaban J connectivity index is 1.16. The molecule has 10 heteroatoms. The highest BCUT2D eigenvalue weighted by molar-refractivity contribution is 5.88. The molecule has 0 spiro atoms. The molecule has 3 aliphatic heterocycles. The number of hydrogen-bond acceptors (Lipinski definition) is 7. The third-order valence-electron chi connectivity index (χ3n) is 6.46. The van der Waals surface area contributed by atoms with Gasteiger partial charge in [-0.2, -0.15) is 4.98 Å². The number of piperazine rings is 1. The number of rotatable bonds is 5. The van der Waals surface area contributed by atoms with E-state index in [1.165, 1.54) is 10.1 Å². The Labute approximate surface area is 187 Å². The second-order valence-corrected chi connectivity index (χ2v) is 8.86. The fraction of sp³-hybridized carbons (Fsp3) is 0.500. The van der Waals surface area contributed by atoms with Crippen LogP contribution in [0.4, 0.5) is 10.6 Å². The number of amides is 2. The quantitative estimate of drug-likeness (QED) is 0.577. The van der Waals surface area contributed by atoms with Gasteiger partial charge in [0.2, 0.25) is 0 Å². The van der Waals surface area contributed by atoms with Gasteiger partial charge in [0.05, 0.1) is 5.69 Å². The van der Waals surface area contributed by atoms with Gasteiger partial charge in [-0.3, -0.25) is 19.7 Å². The molecular weight excluding hydrogens is 408 g/mol. The number of carbonyl (C=O) groups is 1. The Hall–Kier alpha value is -2.79.